The number of nitrogens with zero attached hydrogens (tertiary/aromatic N) is 1. The zero-order valence-corrected chi connectivity index (χ0v) is 11.9. The molecule has 5 heteroatoms. The first-order valence-electron chi connectivity index (χ1n) is 6.90. The number of rotatable bonds is 3. The number of carbonyl (C=O) groups is 2. The maximum absolute atomic E-state index is 12.5. The van der Waals surface area contributed by atoms with Gasteiger partial charge in [0.2, 0.25) is 0 Å². The fraction of sp³-hybridized carbons (Fsp3) is 0.467. The minimum atomic E-state index is -0.186. The fourth-order valence-corrected chi connectivity index (χ4v) is 2.70. The molecule has 1 fully saturated rings. The number of benzene rings is 1. The number of nitrogens with one attached hydrogen (secondary N) is 1. The van der Waals surface area contributed by atoms with E-state index in [2.05, 4.69) is 5.32 Å². The quantitative estimate of drug-likeness (QED) is 0.859. The van der Waals surface area contributed by atoms with Crippen molar-refractivity contribution in [3.63, 3.8) is 0 Å². The van der Waals surface area contributed by atoms with Crippen LogP contribution >= 0.6 is 0 Å². The Hall–Kier alpha value is -1.88. The lowest BCUT2D eigenvalue weighted by atomic mass is 10.1. The molecule has 0 radical (unpaired) electrons. The molecule has 0 aromatic heterocycles. The maximum Gasteiger partial charge on any atom is 0.254 e. The van der Waals surface area contributed by atoms with Gasteiger partial charge >= 0.3 is 0 Å². The Kier molecular flexibility index (Phi) is 4.39. The van der Waals surface area contributed by atoms with E-state index < -0.39 is 0 Å². The summed E-state index contributed by atoms with van der Waals surface area (Å²) < 4.78 is 0. The Morgan fingerprint density at radius 2 is 2.10 bits per heavy atom. The Bertz CT molecular complexity index is 516. The Balaban J connectivity index is 2.19. The first-order valence-corrected chi connectivity index (χ1v) is 6.90. The highest BCUT2D eigenvalue weighted by Crippen LogP contribution is 2.24. The minimum absolute atomic E-state index is 0.0285. The van der Waals surface area contributed by atoms with Crippen molar-refractivity contribution in [3.05, 3.63) is 35.4 Å². The van der Waals surface area contributed by atoms with Gasteiger partial charge in [0.25, 0.3) is 11.8 Å². The van der Waals surface area contributed by atoms with Gasteiger partial charge < -0.3 is 16.0 Å². The van der Waals surface area contributed by atoms with Crippen molar-refractivity contribution in [3.8, 4) is 0 Å². The van der Waals surface area contributed by atoms with Gasteiger partial charge in [-0.2, -0.15) is 0 Å². The first-order chi connectivity index (χ1) is 9.56. The van der Waals surface area contributed by atoms with Crippen LogP contribution in [0.4, 0.5) is 0 Å². The van der Waals surface area contributed by atoms with Crippen molar-refractivity contribution in [2.45, 2.75) is 19.4 Å². The molecule has 2 rings (SSSR count). The van der Waals surface area contributed by atoms with Crippen LogP contribution in [0.25, 0.3) is 0 Å². The third kappa shape index (κ3) is 2.82. The summed E-state index contributed by atoms with van der Waals surface area (Å²) in [5.41, 5.74) is 6.74. The molecular formula is C15H21N3O2. The molecule has 20 heavy (non-hydrogen) atoms. The molecule has 2 amide bonds. The van der Waals surface area contributed by atoms with E-state index >= 15 is 0 Å². The first kappa shape index (κ1) is 14.5. The molecule has 2 unspecified atom stereocenters. The summed E-state index contributed by atoms with van der Waals surface area (Å²) >= 11 is 0. The molecule has 1 aliphatic heterocycles. The van der Waals surface area contributed by atoms with Crippen molar-refractivity contribution in [2.24, 2.45) is 11.7 Å². The lowest BCUT2D eigenvalue weighted by Crippen LogP contribution is -2.34. The summed E-state index contributed by atoms with van der Waals surface area (Å²) in [4.78, 5) is 26.0. The van der Waals surface area contributed by atoms with Gasteiger partial charge in [0.15, 0.2) is 0 Å². The van der Waals surface area contributed by atoms with Crippen molar-refractivity contribution < 1.29 is 9.59 Å². The highest BCUT2D eigenvalue weighted by Gasteiger charge is 2.32. The average Bonchev–Trinajstić information content (AvgIpc) is 2.87. The number of carbonyl (C=O) groups excluding carboxylic acids is 2. The summed E-state index contributed by atoms with van der Waals surface area (Å²) in [6.07, 6.45) is 0.942. The fourth-order valence-electron chi connectivity index (χ4n) is 2.70. The summed E-state index contributed by atoms with van der Waals surface area (Å²) in [6, 6.07) is 7.02. The second kappa shape index (κ2) is 6.05. The van der Waals surface area contributed by atoms with Crippen molar-refractivity contribution in [1.29, 1.82) is 0 Å². The van der Waals surface area contributed by atoms with Crippen LogP contribution in [0.5, 0.6) is 0 Å². The average molecular weight is 275 g/mol. The van der Waals surface area contributed by atoms with Crippen LogP contribution in [0, 0.1) is 5.92 Å². The summed E-state index contributed by atoms with van der Waals surface area (Å²) in [5, 5.41) is 2.56. The topological polar surface area (TPSA) is 75.4 Å². The van der Waals surface area contributed by atoms with Gasteiger partial charge in [-0.1, -0.05) is 6.07 Å². The van der Waals surface area contributed by atoms with Gasteiger partial charge in [0.05, 0.1) is 0 Å². The van der Waals surface area contributed by atoms with E-state index in [4.69, 9.17) is 5.73 Å². The van der Waals surface area contributed by atoms with Crippen LogP contribution in [-0.2, 0) is 0 Å². The maximum atomic E-state index is 12.5. The molecule has 1 aliphatic rings. The predicted octanol–water partition coefficient (Wildman–Crippen LogP) is 0.856. The zero-order chi connectivity index (χ0) is 14.7. The third-order valence-electron chi connectivity index (χ3n) is 3.85. The normalized spacial score (nSPS) is 21.9. The molecule has 2 atom stereocenters. The molecule has 108 valence electrons. The van der Waals surface area contributed by atoms with E-state index in [0.717, 1.165) is 6.42 Å². The highest BCUT2D eigenvalue weighted by molar-refractivity contribution is 5.99. The van der Waals surface area contributed by atoms with Gasteiger partial charge in [0, 0.05) is 30.8 Å². The summed E-state index contributed by atoms with van der Waals surface area (Å²) in [5.74, 6) is 0.157. The second-order valence-corrected chi connectivity index (χ2v) is 5.30. The lowest BCUT2D eigenvalue weighted by molar-refractivity contribution is 0.0743. The number of hydrogen-bond acceptors (Lipinski definition) is 3. The van der Waals surface area contributed by atoms with Crippen LogP contribution in [0.1, 0.15) is 34.1 Å². The molecule has 1 aromatic rings. The largest absolute Gasteiger partial charge is 0.355 e. The van der Waals surface area contributed by atoms with Gasteiger partial charge in [-0.3, -0.25) is 9.59 Å². The van der Waals surface area contributed by atoms with E-state index in [9.17, 15) is 9.59 Å². The predicted molar refractivity (Wildman–Crippen MR) is 77.5 cm³/mol. The number of nitrogens with two attached hydrogens (primary N) is 1. The Morgan fingerprint density at radius 3 is 2.70 bits per heavy atom. The van der Waals surface area contributed by atoms with E-state index in [1.807, 2.05) is 11.8 Å². The van der Waals surface area contributed by atoms with E-state index in [1.165, 1.54) is 0 Å². The summed E-state index contributed by atoms with van der Waals surface area (Å²) in [7, 11) is 1.57. The molecule has 0 bridgehead atoms. The van der Waals surface area contributed by atoms with Crippen LogP contribution < -0.4 is 11.1 Å². The smallest absolute Gasteiger partial charge is 0.254 e. The van der Waals surface area contributed by atoms with E-state index in [0.29, 0.717) is 30.1 Å². The van der Waals surface area contributed by atoms with Gasteiger partial charge in [-0.05, 0) is 44.0 Å². The summed E-state index contributed by atoms with van der Waals surface area (Å²) in [6.45, 7) is 3.34. The standard InChI is InChI=1S/C15H21N3O2/c1-10-6-11(8-16)9-18(10)15(20)13-5-3-4-12(7-13)14(19)17-2/h3-5,7,10-11H,6,8-9,16H2,1-2H3,(H,17,19). The number of amides is 2. The SMILES string of the molecule is CNC(=O)c1cccc(C(=O)N2CC(CN)CC2C)c1. The molecule has 5 nitrogen and oxygen atoms in total. The number of likely N-dealkylation sites (tertiary alicyclic amines) is 1. The third-order valence-corrected chi connectivity index (χ3v) is 3.85. The molecule has 0 saturated carbocycles. The highest BCUT2D eigenvalue weighted by atomic mass is 16.2. The molecule has 3 N–H and O–H groups in total. The van der Waals surface area contributed by atoms with Crippen molar-refractivity contribution in [1.82, 2.24) is 10.2 Å². The molecule has 0 aliphatic carbocycles. The lowest BCUT2D eigenvalue weighted by Gasteiger charge is -2.21. The van der Waals surface area contributed by atoms with Gasteiger partial charge in [0.1, 0.15) is 0 Å². The molecule has 1 saturated heterocycles. The van der Waals surface area contributed by atoms with Crippen molar-refractivity contribution >= 4 is 11.8 Å². The van der Waals surface area contributed by atoms with Gasteiger partial charge in [-0.15, -0.1) is 0 Å². The Morgan fingerprint density at radius 1 is 1.40 bits per heavy atom. The Labute approximate surface area is 119 Å². The van der Waals surface area contributed by atoms with Gasteiger partial charge in [-0.25, -0.2) is 0 Å². The minimum Gasteiger partial charge on any atom is -0.355 e. The zero-order valence-electron chi connectivity index (χ0n) is 11.9. The molecule has 0 spiro atoms. The van der Waals surface area contributed by atoms with Crippen LogP contribution in [0.15, 0.2) is 24.3 Å². The van der Waals surface area contributed by atoms with E-state index in [1.54, 1.807) is 31.3 Å². The molecule has 1 aromatic carbocycles. The molecule has 1 heterocycles. The van der Waals surface area contributed by atoms with Crippen LogP contribution in [0.2, 0.25) is 0 Å². The second-order valence-electron chi connectivity index (χ2n) is 5.30. The van der Waals surface area contributed by atoms with E-state index in [-0.39, 0.29) is 17.9 Å². The van der Waals surface area contributed by atoms with Crippen LogP contribution in [0.3, 0.4) is 0 Å². The van der Waals surface area contributed by atoms with Crippen molar-refractivity contribution in [2.75, 3.05) is 20.1 Å². The van der Waals surface area contributed by atoms with Crippen LogP contribution in [-0.4, -0.2) is 42.9 Å². The molecular weight excluding hydrogens is 254 g/mol. The monoisotopic (exact) mass is 275 g/mol. The number of hydrogen-bond donors (Lipinski definition) is 2.